The van der Waals surface area contributed by atoms with E-state index < -0.39 is 0 Å². The number of anilines is 1. The van der Waals surface area contributed by atoms with Crippen molar-refractivity contribution in [3.05, 3.63) is 59.7 Å². The number of likely N-dealkylation sites (tertiary alicyclic amines) is 1. The highest BCUT2D eigenvalue weighted by atomic mass is 16.5. The van der Waals surface area contributed by atoms with Gasteiger partial charge in [0.25, 0.3) is 5.91 Å². The average Bonchev–Trinajstić information content (AvgIpc) is 3.50. The van der Waals surface area contributed by atoms with Gasteiger partial charge in [-0.1, -0.05) is 12.1 Å². The maximum absolute atomic E-state index is 12.7. The highest BCUT2D eigenvalue weighted by Gasteiger charge is 2.29. The van der Waals surface area contributed by atoms with Crippen molar-refractivity contribution in [3.63, 3.8) is 0 Å². The minimum Gasteiger partial charge on any atom is -0.497 e. The molecule has 1 unspecified atom stereocenters. The molecule has 0 radical (unpaired) electrons. The molecule has 1 aliphatic carbocycles. The number of benzene rings is 2. The van der Waals surface area contributed by atoms with Crippen molar-refractivity contribution < 1.29 is 14.3 Å². The van der Waals surface area contributed by atoms with Crippen molar-refractivity contribution in [1.29, 1.82) is 0 Å². The van der Waals surface area contributed by atoms with E-state index >= 15 is 0 Å². The molecule has 1 saturated carbocycles. The molecule has 1 aliphatic heterocycles. The van der Waals surface area contributed by atoms with Gasteiger partial charge < -0.3 is 15.4 Å². The van der Waals surface area contributed by atoms with Crippen molar-refractivity contribution in [1.82, 2.24) is 10.2 Å². The molecule has 0 aromatic heterocycles. The first-order valence-electron chi connectivity index (χ1n) is 10.7. The molecule has 0 spiro atoms. The third kappa shape index (κ3) is 5.00. The lowest BCUT2D eigenvalue weighted by Gasteiger charge is -2.28. The summed E-state index contributed by atoms with van der Waals surface area (Å²) < 4.78 is 5.27. The van der Waals surface area contributed by atoms with Crippen LogP contribution in [0.5, 0.6) is 5.75 Å². The van der Waals surface area contributed by atoms with Gasteiger partial charge in [0.2, 0.25) is 5.91 Å². The van der Waals surface area contributed by atoms with Crippen molar-refractivity contribution in [2.75, 3.05) is 32.1 Å². The van der Waals surface area contributed by atoms with E-state index in [-0.39, 0.29) is 23.8 Å². The maximum Gasteiger partial charge on any atom is 0.251 e. The van der Waals surface area contributed by atoms with Crippen LogP contribution in [0.15, 0.2) is 48.5 Å². The third-order valence-electron chi connectivity index (χ3n) is 5.90. The number of amides is 2. The van der Waals surface area contributed by atoms with Crippen LogP contribution in [-0.2, 0) is 4.79 Å². The second-order valence-corrected chi connectivity index (χ2v) is 8.08. The zero-order chi connectivity index (χ0) is 20.9. The van der Waals surface area contributed by atoms with Gasteiger partial charge in [0.1, 0.15) is 5.75 Å². The standard InChI is InChI=1S/C24H29N3O3/c1-30-21-12-8-17(9-13-21)22(27-14-2-3-15-27)16-25-23(28)18-6-10-20(11-7-18)26-24(29)19-4-5-19/h6-13,19,22H,2-5,14-16H2,1H3,(H,25,28)(H,26,29). The Morgan fingerprint density at radius 2 is 1.70 bits per heavy atom. The fourth-order valence-corrected chi connectivity index (χ4v) is 3.92. The van der Waals surface area contributed by atoms with Crippen LogP contribution in [0, 0.1) is 5.92 Å². The van der Waals surface area contributed by atoms with Crippen LogP contribution in [0.25, 0.3) is 0 Å². The molecule has 1 atom stereocenters. The average molecular weight is 408 g/mol. The molecular weight excluding hydrogens is 378 g/mol. The largest absolute Gasteiger partial charge is 0.497 e. The second kappa shape index (κ2) is 9.30. The van der Waals surface area contributed by atoms with Gasteiger partial charge in [-0.05, 0) is 80.7 Å². The first-order valence-corrected chi connectivity index (χ1v) is 10.7. The van der Waals surface area contributed by atoms with E-state index in [4.69, 9.17) is 4.74 Å². The van der Waals surface area contributed by atoms with Crippen LogP contribution in [0.4, 0.5) is 5.69 Å². The van der Waals surface area contributed by atoms with Crippen molar-refractivity contribution in [3.8, 4) is 5.75 Å². The van der Waals surface area contributed by atoms with E-state index in [1.807, 2.05) is 12.1 Å². The SMILES string of the molecule is COc1ccc(C(CNC(=O)c2ccc(NC(=O)C3CC3)cc2)N2CCCC2)cc1. The highest BCUT2D eigenvalue weighted by molar-refractivity contribution is 5.96. The molecular formula is C24H29N3O3. The van der Waals surface area contributed by atoms with Crippen molar-refractivity contribution >= 4 is 17.5 Å². The summed E-state index contributed by atoms with van der Waals surface area (Å²) in [5.74, 6) is 0.957. The van der Waals surface area contributed by atoms with E-state index in [1.165, 1.54) is 18.4 Å². The van der Waals surface area contributed by atoms with Gasteiger partial charge in [-0.15, -0.1) is 0 Å². The number of rotatable bonds is 8. The predicted molar refractivity (Wildman–Crippen MR) is 117 cm³/mol. The van der Waals surface area contributed by atoms with Gasteiger partial charge >= 0.3 is 0 Å². The Morgan fingerprint density at radius 3 is 2.30 bits per heavy atom. The molecule has 2 fully saturated rings. The van der Waals surface area contributed by atoms with Crippen LogP contribution in [0.1, 0.15) is 47.6 Å². The third-order valence-corrected chi connectivity index (χ3v) is 5.90. The lowest BCUT2D eigenvalue weighted by molar-refractivity contribution is -0.117. The quantitative estimate of drug-likeness (QED) is 0.701. The van der Waals surface area contributed by atoms with Gasteiger partial charge in [0.15, 0.2) is 0 Å². The normalized spacial score (nSPS) is 17.4. The van der Waals surface area contributed by atoms with Gasteiger partial charge in [-0.3, -0.25) is 14.5 Å². The lowest BCUT2D eigenvalue weighted by Crippen LogP contribution is -2.36. The van der Waals surface area contributed by atoms with Crippen molar-refractivity contribution in [2.24, 2.45) is 5.92 Å². The Kier molecular flexibility index (Phi) is 6.33. The second-order valence-electron chi connectivity index (χ2n) is 8.08. The molecule has 0 bridgehead atoms. The zero-order valence-corrected chi connectivity index (χ0v) is 17.4. The summed E-state index contributed by atoms with van der Waals surface area (Å²) in [7, 11) is 1.66. The minimum absolute atomic E-state index is 0.0696. The molecule has 2 aromatic carbocycles. The summed E-state index contributed by atoms with van der Waals surface area (Å²) in [6.45, 7) is 2.63. The predicted octanol–water partition coefficient (Wildman–Crippen LogP) is 3.61. The Labute approximate surface area is 177 Å². The molecule has 2 aliphatic rings. The smallest absolute Gasteiger partial charge is 0.251 e. The zero-order valence-electron chi connectivity index (χ0n) is 17.4. The van der Waals surface area contributed by atoms with Crippen LogP contribution >= 0.6 is 0 Å². The van der Waals surface area contributed by atoms with Crippen LogP contribution < -0.4 is 15.4 Å². The van der Waals surface area contributed by atoms with E-state index in [0.29, 0.717) is 12.1 Å². The van der Waals surface area contributed by atoms with Crippen molar-refractivity contribution in [2.45, 2.75) is 31.7 Å². The molecule has 2 amide bonds. The maximum atomic E-state index is 12.7. The fraction of sp³-hybridized carbons (Fsp3) is 0.417. The van der Waals surface area contributed by atoms with Gasteiger partial charge in [-0.2, -0.15) is 0 Å². The van der Waals surface area contributed by atoms with Gasteiger partial charge in [0.05, 0.1) is 13.2 Å². The van der Waals surface area contributed by atoms with Crippen LogP contribution in [0.2, 0.25) is 0 Å². The fourth-order valence-electron chi connectivity index (χ4n) is 3.92. The first-order chi connectivity index (χ1) is 14.6. The molecule has 1 heterocycles. The lowest BCUT2D eigenvalue weighted by atomic mass is 10.0. The summed E-state index contributed by atoms with van der Waals surface area (Å²) in [4.78, 5) is 27.0. The monoisotopic (exact) mass is 407 g/mol. The number of nitrogens with one attached hydrogen (secondary N) is 2. The Bertz CT molecular complexity index is 870. The number of hydrogen-bond donors (Lipinski definition) is 2. The molecule has 2 N–H and O–H groups in total. The Balaban J connectivity index is 1.38. The van der Waals surface area contributed by atoms with E-state index in [2.05, 4.69) is 27.7 Å². The van der Waals surface area contributed by atoms with E-state index in [0.717, 1.165) is 37.4 Å². The number of methoxy groups -OCH3 is 1. The molecule has 2 aromatic rings. The van der Waals surface area contributed by atoms with E-state index in [9.17, 15) is 9.59 Å². The molecule has 30 heavy (non-hydrogen) atoms. The summed E-state index contributed by atoms with van der Waals surface area (Å²) in [5, 5.41) is 5.99. The first kappa shape index (κ1) is 20.4. The van der Waals surface area contributed by atoms with Gasteiger partial charge in [-0.25, -0.2) is 0 Å². The van der Waals surface area contributed by atoms with Crippen LogP contribution in [0.3, 0.4) is 0 Å². The number of ether oxygens (including phenoxy) is 1. The minimum atomic E-state index is -0.104. The number of hydrogen-bond acceptors (Lipinski definition) is 4. The summed E-state index contributed by atoms with van der Waals surface area (Å²) >= 11 is 0. The van der Waals surface area contributed by atoms with E-state index in [1.54, 1.807) is 31.4 Å². The number of nitrogens with zero attached hydrogens (tertiary/aromatic N) is 1. The highest BCUT2D eigenvalue weighted by Crippen LogP contribution is 2.30. The summed E-state index contributed by atoms with van der Waals surface area (Å²) in [6.07, 6.45) is 4.32. The topological polar surface area (TPSA) is 70.7 Å². The molecule has 4 rings (SSSR count). The van der Waals surface area contributed by atoms with Crippen LogP contribution in [-0.4, -0.2) is 43.5 Å². The molecule has 1 saturated heterocycles. The summed E-state index contributed by atoms with van der Waals surface area (Å²) in [6, 6.07) is 15.3. The van der Waals surface area contributed by atoms with Gasteiger partial charge in [0, 0.05) is 23.7 Å². The Hall–Kier alpha value is -2.86. The Morgan fingerprint density at radius 1 is 1.03 bits per heavy atom. The molecule has 6 nitrogen and oxygen atoms in total. The number of carbonyl (C=O) groups is 2. The molecule has 6 heteroatoms. The molecule has 158 valence electrons. The number of carbonyl (C=O) groups excluding carboxylic acids is 2. The summed E-state index contributed by atoms with van der Waals surface area (Å²) in [5.41, 5.74) is 2.50.